The molecule has 0 atom stereocenters. The molecule has 41 heavy (non-hydrogen) atoms. The molecule has 3 aromatic carbocycles. The molecule has 0 saturated carbocycles. The van der Waals surface area contributed by atoms with Crippen LogP contribution in [0.15, 0.2) is 87.3 Å². The normalized spacial score (nSPS) is 15.9. The number of aryl methyl sites for hydroxylation is 1. The molecule has 5 rings (SSSR count). The molecule has 2 aliphatic heterocycles. The van der Waals surface area contributed by atoms with E-state index in [0.717, 1.165) is 23.3 Å². The molecule has 0 aliphatic carbocycles. The van der Waals surface area contributed by atoms with E-state index < -0.39 is 31.5 Å². The molecule has 0 bridgehead atoms. The van der Waals surface area contributed by atoms with Crippen LogP contribution >= 0.6 is 11.8 Å². The van der Waals surface area contributed by atoms with Gasteiger partial charge in [0.1, 0.15) is 5.04 Å². The number of hydrogen-bond acceptors (Lipinski definition) is 10. The number of aliphatic imine (C=N–C) groups is 1. The van der Waals surface area contributed by atoms with Crippen LogP contribution in [0.5, 0.6) is 11.5 Å². The average Bonchev–Trinajstić information content (AvgIpc) is 3.37. The van der Waals surface area contributed by atoms with Gasteiger partial charge in [-0.25, -0.2) is 0 Å². The largest absolute Gasteiger partial charge is 0.490 e. The highest BCUT2D eigenvalue weighted by Crippen LogP contribution is 2.35. The molecule has 2 heterocycles. The summed E-state index contributed by atoms with van der Waals surface area (Å²) in [6, 6.07) is 16.7. The Bertz CT molecular complexity index is 1800. The van der Waals surface area contributed by atoms with Crippen molar-refractivity contribution in [3.05, 3.63) is 99.1 Å². The van der Waals surface area contributed by atoms with E-state index in [4.69, 9.17) is 14.3 Å². The molecular weight excluding hydrogens is 570 g/mol. The van der Waals surface area contributed by atoms with Crippen molar-refractivity contribution in [2.24, 2.45) is 10.1 Å². The summed E-state index contributed by atoms with van der Waals surface area (Å²) >= 11 is 1.19. The first-order valence-corrected chi connectivity index (χ1v) is 14.3. The van der Waals surface area contributed by atoms with Crippen molar-refractivity contribution in [2.45, 2.75) is 18.7 Å². The van der Waals surface area contributed by atoms with Gasteiger partial charge in [0, 0.05) is 11.6 Å². The van der Waals surface area contributed by atoms with Crippen molar-refractivity contribution in [2.75, 3.05) is 6.61 Å². The van der Waals surface area contributed by atoms with Gasteiger partial charge in [-0.3, -0.25) is 20.3 Å². The first-order valence-electron chi connectivity index (χ1n) is 12.1. The summed E-state index contributed by atoms with van der Waals surface area (Å²) in [4.78, 5) is 26.9. The zero-order valence-corrected chi connectivity index (χ0v) is 23.2. The summed E-state index contributed by atoms with van der Waals surface area (Å²) < 4.78 is 36.6. The molecule has 0 saturated heterocycles. The number of nitro benzene ring substituents is 1. The number of nitrogens with one attached hydrogen (secondary N) is 1. The van der Waals surface area contributed by atoms with Crippen molar-refractivity contribution in [1.82, 2.24) is 5.01 Å². The molecule has 1 amide bonds. The predicted molar refractivity (Wildman–Crippen MR) is 154 cm³/mol. The smallest absolute Gasteiger partial charge is 0.346 e. The van der Waals surface area contributed by atoms with Crippen LogP contribution < -0.4 is 8.92 Å². The van der Waals surface area contributed by atoms with Crippen molar-refractivity contribution >= 4 is 55.6 Å². The van der Waals surface area contributed by atoms with E-state index in [2.05, 4.69) is 10.1 Å². The highest BCUT2D eigenvalue weighted by molar-refractivity contribution is 8.27. The third-order valence-corrected chi connectivity index (χ3v) is 8.10. The summed E-state index contributed by atoms with van der Waals surface area (Å²) in [5.74, 6) is -1.00. The molecule has 0 aromatic heterocycles. The number of hydrazone groups is 1. The van der Waals surface area contributed by atoms with Crippen LogP contribution in [0.2, 0.25) is 0 Å². The third kappa shape index (κ3) is 5.60. The van der Waals surface area contributed by atoms with E-state index in [1.54, 1.807) is 6.92 Å². The number of rotatable bonds is 8. The summed E-state index contributed by atoms with van der Waals surface area (Å²) in [6.45, 7) is 3.79. The summed E-state index contributed by atoms with van der Waals surface area (Å²) in [5, 5.41) is 26.6. The van der Waals surface area contributed by atoms with Gasteiger partial charge in [0.2, 0.25) is 5.17 Å². The second-order valence-corrected chi connectivity index (χ2v) is 11.2. The summed E-state index contributed by atoms with van der Waals surface area (Å²) in [5.41, 5.74) is 1.64. The number of benzene rings is 3. The lowest BCUT2D eigenvalue weighted by atomic mass is 10.1. The van der Waals surface area contributed by atoms with E-state index in [1.165, 1.54) is 53.2 Å². The fourth-order valence-electron chi connectivity index (χ4n) is 3.91. The van der Waals surface area contributed by atoms with Crippen LogP contribution in [0.1, 0.15) is 23.6 Å². The van der Waals surface area contributed by atoms with E-state index in [1.807, 2.05) is 31.2 Å². The van der Waals surface area contributed by atoms with Gasteiger partial charge >= 0.3 is 10.1 Å². The maximum atomic E-state index is 12.9. The van der Waals surface area contributed by atoms with Gasteiger partial charge in [0.05, 0.1) is 17.1 Å². The Balaban J connectivity index is 1.44. The number of para-hydroxylation sites is 1. The Hall–Kier alpha value is -4.82. The minimum atomic E-state index is -4.59. The van der Waals surface area contributed by atoms with Gasteiger partial charge < -0.3 is 8.92 Å². The number of nitrogens with zero attached hydrogens (tertiary/aromatic N) is 4. The highest BCUT2D eigenvalue weighted by atomic mass is 32.2. The number of thioether (sulfide) groups is 1. The highest BCUT2D eigenvalue weighted by Gasteiger charge is 2.36. The van der Waals surface area contributed by atoms with E-state index in [0.29, 0.717) is 10.6 Å². The van der Waals surface area contributed by atoms with Crippen LogP contribution in [-0.4, -0.2) is 46.9 Å². The number of fused-ring (bicyclic) bond motifs is 1. The first-order chi connectivity index (χ1) is 19.6. The lowest BCUT2D eigenvalue weighted by Gasteiger charge is -2.20. The Morgan fingerprint density at radius 1 is 1.10 bits per heavy atom. The van der Waals surface area contributed by atoms with Crippen molar-refractivity contribution < 1.29 is 27.1 Å². The van der Waals surface area contributed by atoms with Crippen LogP contribution in [0.4, 0.5) is 5.69 Å². The maximum absolute atomic E-state index is 12.9. The molecule has 0 radical (unpaired) electrons. The Kier molecular flexibility index (Phi) is 7.43. The molecule has 12 nitrogen and oxygen atoms in total. The molecular formula is C27H21N5O7S2. The quantitative estimate of drug-likeness (QED) is 0.169. The molecule has 1 N–H and O–H groups in total. The zero-order chi connectivity index (χ0) is 29.3. The second-order valence-electron chi connectivity index (χ2n) is 8.69. The molecule has 0 spiro atoms. The monoisotopic (exact) mass is 591 g/mol. The fraction of sp³-hybridized carbons (Fsp3) is 0.111. The number of hydrogen-bond donors (Lipinski definition) is 1. The van der Waals surface area contributed by atoms with Gasteiger partial charge in [-0.1, -0.05) is 48.0 Å². The third-order valence-electron chi connectivity index (χ3n) is 5.86. The van der Waals surface area contributed by atoms with Crippen LogP contribution in [0, 0.1) is 22.4 Å². The number of carbonyl (C=O) groups excluding carboxylic acids is 1. The molecule has 3 aromatic rings. The number of carbonyl (C=O) groups is 1. The summed E-state index contributed by atoms with van der Waals surface area (Å²) in [7, 11) is -4.59. The Morgan fingerprint density at radius 2 is 1.83 bits per heavy atom. The topological polar surface area (TPSA) is 165 Å². The SMILES string of the molecule is CCOc1cc(/C=C2/C(=N)N3N=C(c4ccc(C)cc4)SC3=NC2=O)ccc1OS(=O)(=O)c1ccccc1[N+](=O)[O-]. The number of amides is 1. The Morgan fingerprint density at radius 3 is 2.54 bits per heavy atom. The van der Waals surface area contributed by atoms with E-state index >= 15 is 0 Å². The lowest BCUT2D eigenvalue weighted by molar-refractivity contribution is -0.387. The van der Waals surface area contributed by atoms with Crippen molar-refractivity contribution in [1.29, 1.82) is 5.41 Å². The second kappa shape index (κ2) is 11.0. The van der Waals surface area contributed by atoms with Gasteiger partial charge in [-0.2, -0.15) is 23.5 Å². The standard InChI is InChI=1S/C27H21N5O7S2/c1-3-38-22-15-17(10-13-21(22)39-41(36,37)23-7-5-4-6-20(23)32(34)35)14-19-24(28)31-27(29-25(19)33)40-26(30-31)18-11-8-16(2)9-12-18/h4-15,28H,3H2,1-2H3/b19-14-,28-24?. The van der Waals surface area contributed by atoms with E-state index in [9.17, 15) is 23.3 Å². The fourth-order valence-corrected chi connectivity index (χ4v) is 5.91. The van der Waals surface area contributed by atoms with Crippen LogP contribution in [-0.2, 0) is 14.9 Å². The van der Waals surface area contributed by atoms with E-state index in [-0.39, 0.29) is 34.7 Å². The molecule has 208 valence electrons. The first kappa shape index (κ1) is 27.7. The predicted octanol–water partition coefficient (Wildman–Crippen LogP) is 4.74. The molecule has 0 unspecified atom stereocenters. The number of nitro groups is 1. The summed E-state index contributed by atoms with van der Waals surface area (Å²) in [6.07, 6.45) is 1.41. The van der Waals surface area contributed by atoms with Gasteiger partial charge in [0.15, 0.2) is 22.2 Å². The van der Waals surface area contributed by atoms with Crippen molar-refractivity contribution in [3.63, 3.8) is 0 Å². The van der Waals surface area contributed by atoms with Gasteiger partial charge in [0.25, 0.3) is 11.6 Å². The maximum Gasteiger partial charge on any atom is 0.346 e. The Labute approximate surface area is 238 Å². The van der Waals surface area contributed by atoms with Gasteiger partial charge in [-0.15, -0.1) is 0 Å². The average molecular weight is 592 g/mol. The minimum absolute atomic E-state index is 0.0133. The van der Waals surface area contributed by atoms with Gasteiger partial charge in [-0.05, 0) is 55.4 Å². The molecule has 0 fully saturated rings. The van der Waals surface area contributed by atoms with Crippen LogP contribution in [0.3, 0.4) is 0 Å². The van der Waals surface area contributed by atoms with Crippen LogP contribution in [0.25, 0.3) is 6.08 Å². The zero-order valence-electron chi connectivity index (χ0n) is 21.6. The molecule has 14 heteroatoms. The number of ether oxygens (including phenoxy) is 1. The van der Waals surface area contributed by atoms with Crippen molar-refractivity contribution in [3.8, 4) is 11.5 Å². The lowest BCUT2D eigenvalue weighted by Crippen LogP contribution is -2.35. The number of amidine groups is 2. The minimum Gasteiger partial charge on any atom is -0.490 e. The molecule has 2 aliphatic rings.